The number of fused-ring (bicyclic) bond motifs is 3. The third-order valence-electron chi connectivity index (χ3n) is 7.95. The van der Waals surface area contributed by atoms with Gasteiger partial charge < -0.3 is 24.6 Å². The topological polar surface area (TPSA) is 130 Å². The monoisotopic (exact) mass is 538 g/mol. The van der Waals surface area contributed by atoms with Crippen LogP contribution in [0.5, 0.6) is 0 Å². The molecular weight excluding hydrogens is 508 g/mol. The number of carbonyl (C=O) groups is 2. The second-order valence-electron chi connectivity index (χ2n) is 10.4. The summed E-state index contributed by atoms with van der Waals surface area (Å²) in [6.45, 7) is 1.95. The number of amides is 1. The molecule has 0 atom stereocenters. The van der Waals surface area contributed by atoms with Crippen molar-refractivity contribution in [1.82, 2.24) is 4.57 Å². The van der Waals surface area contributed by atoms with Crippen molar-refractivity contribution in [2.75, 3.05) is 47.0 Å². The van der Waals surface area contributed by atoms with E-state index < -0.39 is 22.4 Å². The standard InChI is InChI=1S/C27H30N4O6S/c32-13-15-38(35,36)29-18-4-5-19(23(16-18)30-10-8-27(6-7-27)9-11-30)25(33)28-21-2-1-3-22-20(21)17-24-26(34)37-14-12-31(22)24/h1-5,16-17,29,32H,6-15H2,(H,28,33). The van der Waals surface area contributed by atoms with E-state index in [-0.39, 0.29) is 11.9 Å². The number of nitrogens with one attached hydrogen (secondary N) is 2. The Balaban J connectivity index is 1.33. The van der Waals surface area contributed by atoms with Crippen LogP contribution in [-0.4, -0.2) is 62.0 Å². The number of carbonyl (C=O) groups excluding carboxylic acids is 2. The summed E-state index contributed by atoms with van der Waals surface area (Å²) in [5, 5.41) is 12.9. The Hall–Kier alpha value is -3.57. The van der Waals surface area contributed by atoms with E-state index in [0.29, 0.717) is 46.9 Å². The maximum atomic E-state index is 13.7. The summed E-state index contributed by atoms with van der Waals surface area (Å²) in [6.07, 6.45) is 4.57. The Morgan fingerprint density at radius 1 is 1.05 bits per heavy atom. The van der Waals surface area contributed by atoms with Gasteiger partial charge in [0.05, 0.1) is 47.0 Å². The summed E-state index contributed by atoms with van der Waals surface area (Å²) in [5.74, 6) is -1.11. The molecule has 1 aromatic heterocycles. The number of nitrogens with zero attached hydrogens (tertiary/aromatic N) is 2. The van der Waals surface area contributed by atoms with Crippen molar-refractivity contribution in [3.8, 4) is 0 Å². The maximum absolute atomic E-state index is 13.7. The number of benzene rings is 2. The van der Waals surface area contributed by atoms with Gasteiger partial charge in [-0.05, 0) is 67.5 Å². The average molecular weight is 539 g/mol. The number of aliphatic hydroxyl groups excluding tert-OH is 1. The number of anilines is 3. The van der Waals surface area contributed by atoms with Crippen molar-refractivity contribution < 1.29 is 27.9 Å². The lowest BCUT2D eigenvalue weighted by atomic mass is 9.93. The molecule has 11 heteroatoms. The summed E-state index contributed by atoms with van der Waals surface area (Å²) in [6, 6.07) is 12.2. The Kier molecular flexibility index (Phi) is 6.07. The lowest BCUT2D eigenvalue weighted by Gasteiger charge is -2.35. The quantitative estimate of drug-likeness (QED) is 0.394. The Morgan fingerprint density at radius 3 is 2.58 bits per heavy atom. The van der Waals surface area contributed by atoms with Gasteiger partial charge >= 0.3 is 5.97 Å². The summed E-state index contributed by atoms with van der Waals surface area (Å²) in [4.78, 5) is 28.1. The first kappa shape index (κ1) is 24.7. The van der Waals surface area contributed by atoms with Crippen LogP contribution >= 0.6 is 0 Å². The van der Waals surface area contributed by atoms with Gasteiger partial charge in [-0.1, -0.05) is 6.07 Å². The third kappa shape index (κ3) is 4.60. The minimum absolute atomic E-state index is 0.307. The highest BCUT2D eigenvalue weighted by Crippen LogP contribution is 2.54. The van der Waals surface area contributed by atoms with Gasteiger partial charge in [-0.2, -0.15) is 0 Å². The summed E-state index contributed by atoms with van der Waals surface area (Å²) in [7, 11) is -3.71. The Bertz CT molecular complexity index is 1530. The molecular formula is C27H30N4O6S. The van der Waals surface area contributed by atoms with E-state index in [2.05, 4.69) is 14.9 Å². The first-order valence-corrected chi connectivity index (χ1v) is 14.5. The van der Waals surface area contributed by atoms with E-state index >= 15 is 0 Å². The molecule has 2 aromatic carbocycles. The first-order valence-electron chi connectivity index (χ1n) is 12.9. The second-order valence-corrected chi connectivity index (χ2v) is 12.2. The van der Waals surface area contributed by atoms with Gasteiger partial charge in [0.1, 0.15) is 12.3 Å². The number of hydrogen-bond donors (Lipinski definition) is 3. The SMILES string of the molecule is O=C(Nc1cccc2c1cc1n2CCOC1=O)c1ccc(NS(=O)(=O)CCO)cc1N1CCC2(CC1)CC2. The van der Waals surface area contributed by atoms with Crippen LogP contribution in [0.3, 0.4) is 0 Å². The largest absolute Gasteiger partial charge is 0.459 e. The predicted octanol–water partition coefficient (Wildman–Crippen LogP) is 3.18. The zero-order chi connectivity index (χ0) is 26.5. The van der Waals surface area contributed by atoms with Crippen LogP contribution < -0.4 is 14.9 Å². The molecule has 0 unspecified atom stereocenters. The zero-order valence-corrected chi connectivity index (χ0v) is 21.7. The van der Waals surface area contributed by atoms with Gasteiger partial charge in [-0.3, -0.25) is 9.52 Å². The van der Waals surface area contributed by atoms with Crippen LogP contribution in [0.15, 0.2) is 42.5 Å². The second kappa shape index (κ2) is 9.32. The number of rotatable bonds is 7. The fourth-order valence-corrected chi connectivity index (χ4v) is 6.42. The van der Waals surface area contributed by atoms with Gasteiger partial charge in [-0.15, -0.1) is 0 Å². The number of esters is 1. The molecule has 6 rings (SSSR count). The van der Waals surface area contributed by atoms with Crippen LogP contribution in [0.1, 0.15) is 46.5 Å². The molecule has 2 aliphatic heterocycles. The highest BCUT2D eigenvalue weighted by Gasteiger charge is 2.44. The molecule has 3 heterocycles. The molecule has 0 bridgehead atoms. The highest BCUT2D eigenvalue weighted by atomic mass is 32.2. The molecule has 1 spiro atoms. The lowest BCUT2D eigenvalue weighted by molar-refractivity contribution is 0.0425. The predicted molar refractivity (Wildman–Crippen MR) is 144 cm³/mol. The molecule has 1 saturated carbocycles. The van der Waals surface area contributed by atoms with E-state index in [1.807, 2.05) is 16.7 Å². The number of cyclic esters (lactones) is 1. The molecule has 1 amide bonds. The summed E-state index contributed by atoms with van der Waals surface area (Å²) >= 11 is 0. The highest BCUT2D eigenvalue weighted by molar-refractivity contribution is 7.92. The van der Waals surface area contributed by atoms with Crippen molar-refractivity contribution in [2.24, 2.45) is 5.41 Å². The summed E-state index contributed by atoms with van der Waals surface area (Å²) in [5.41, 5.74) is 3.75. The number of piperidine rings is 1. The molecule has 1 saturated heterocycles. The Labute approximate surface area is 220 Å². The van der Waals surface area contributed by atoms with Gasteiger partial charge in [0.2, 0.25) is 10.0 Å². The molecule has 3 N–H and O–H groups in total. The summed E-state index contributed by atoms with van der Waals surface area (Å²) < 4.78 is 34.1. The Morgan fingerprint density at radius 2 is 1.84 bits per heavy atom. The molecule has 1 aliphatic carbocycles. The minimum atomic E-state index is -3.71. The molecule has 200 valence electrons. The van der Waals surface area contributed by atoms with E-state index in [1.54, 1.807) is 30.3 Å². The third-order valence-corrected chi connectivity index (χ3v) is 9.22. The number of hydrogen-bond acceptors (Lipinski definition) is 7. The van der Waals surface area contributed by atoms with Crippen LogP contribution in [0, 0.1) is 5.41 Å². The molecule has 2 fully saturated rings. The van der Waals surface area contributed by atoms with E-state index in [9.17, 15) is 18.0 Å². The van der Waals surface area contributed by atoms with E-state index in [4.69, 9.17) is 9.84 Å². The molecule has 38 heavy (non-hydrogen) atoms. The zero-order valence-electron chi connectivity index (χ0n) is 20.9. The van der Waals surface area contributed by atoms with Gasteiger partial charge in [0, 0.05) is 18.5 Å². The van der Waals surface area contributed by atoms with Crippen LogP contribution in [0.2, 0.25) is 0 Å². The average Bonchev–Trinajstić information content (AvgIpc) is 3.52. The number of aliphatic hydroxyl groups is 1. The molecule has 0 radical (unpaired) electrons. The van der Waals surface area contributed by atoms with E-state index in [0.717, 1.165) is 36.8 Å². The van der Waals surface area contributed by atoms with Crippen LogP contribution in [0.4, 0.5) is 17.1 Å². The van der Waals surface area contributed by atoms with Crippen molar-refractivity contribution in [3.63, 3.8) is 0 Å². The van der Waals surface area contributed by atoms with Crippen molar-refractivity contribution >= 4 is 49.9 Å². The van der Waals surface area contributed by atoms with Gasteiger partial charge in [0.25, 0.3) is 5.91 Å². The minimum Gasteiger partial charge on any atom is -0.459 e. The first-order chi connectivity index (χ1) is 18.3. The van der Waals surface area contributed by atoms with Crippen molar-refractivity contribution in [1.29, 1.82) is 0 Å². The number of ether oxygens (including phenoxy) is 1. The fraction of sp³-hybridized carbons (Fsp3) is 0.407. The van der Waals surface area contributed by atoms with Crippen LogP contribution in [-0.2, 0) is 21.3 Å². The maximum Gasteiger partial charge on any atom is 0.355 e. The number of aromatic nitrogens is 1. The van der Waals surface area contributed by atoms with Crippen LogP contribution in [0.25, 0.3) is 10.9 Å². The molecule has 10 nitrogen and oxygen atoms in total. The van der Waals surface area contributed by atoms with Gasteiger partial charge in [-0.25, -0.2) is 13.2 Å². The fourth-order valence-electron chi connectivity index (χ4n) is 5.60. The van der Waals surface area contributed by atoms with E-state index in [1.165, 1.54) is 12.8 Å². The van der Waals surface area contributed by atoms with Crippen molar-refractivity contribution in [2.45, 2.75) is 32.2 Å². The lowest BCUT2D eigenvalue weighted by Crippen LogP contribution is -2.35. The molecule has 3 aliphatic rings. The normalized spacial score (nSPS) is 18.2. The molecule has 3 aromatic rings. The number of sulfonamides is 1. The smallest absolute Gasteiger partial charge is 0.355 e. The van der Waals surface area contributed by atoms with Crippen molar-refractivity contribution in [3.05, 3.63) is 53.7 Å². The van der Waals surface area contributed by atoms with Gasteiger partial charge in [0.15, 0.2) is 0 Å².